The lowest BCUT2D eigenvalue weighted by Gasteiger charge is -2.20. The summed E-state index contributed by atoms with van der Waals surface area (Å²) in [7, 11) is 1.61. The Morgan fingerprint density at radius 1 is 1.08 bits per heavy atom. The van der Waals surface area contributed by atoms with Gasteiger partial charge < -0.3 is 15.0 Å². The molecule has 0 fully saturated rings. The normalized spacial score (nSPS) is 10.2. The van der Waals surface area contributed by atoms with E-state index in [1.807, 2.05) is 61.5 Å². The number of carbonyl (C=O) groups is 1. The van der Waals surface area contributed by atoms with Gasteiger partial charge in [0.05, 0.1) is 7.11 Å². The monoisotopic (exact) mass is 348 g/mol. The second kappa shape index (κ2) is 8.11. The molecule has 0 saturated heterocycles. The van der Waals surface area contributed by atoms with Crippen molar-refractivity contribution >= 4 is 23.1 Å². The number of benzene rings is 2. The van der Waals surface area contributed by atoms with Gasteiger partial charge in [-0.3, -0.25) is 4.79 Å². The smallest absolute Gasteiger partial charge is 0.277 e. The van der Waals surface area contributed by atoms with E-state index in [0.29, 0.717) is 18.1 Å². The highest BCUT2D eigenvalue weighted by Gasteiger charge is 2.18. The van der Waals surface area contributed by atoms with Crippen molar-refractivity contribution in [1.29, 1.82) is 0 Å². The second-order valence-corrected chi connectivity index (χ2v) is 5.53. The van der Waals surface area contributed by atoms with E-state index in [4.69, 9.17) is 4.74 Å². The van der Waals surface area contributed by atoms with Gasteiger partial charge in [-0.1, -0.05) is 24.3 Å². The first-order valence-electron chi connectivity index (χ1n) is 8.31. The summed E-state index contributed by atoms with van der Waals surface area (Å²) in [6.07, 6.45) is 1.38. The Morgan fingerprint density at radius 3 is 2.62 bits per heavy atom. The van der Waals surface area contributed by atoms with Crippen LogP contribution in [-0.2, 0) is 0 Å². The Bertz CT molecular complexity index is 884. The fourth-order valence-electron chi connectivity index (χ4n) is 2.58. The van der Waals surface area contributed by atoms with Gasteiger partial charge in [-0.15, -0.1) is 0 Å². The van der Waals surface area contributed by atoms with Gasteiger partial charge in [0.25, 0.3) is 5.91 Å². The fraction of sp³-hybridized carbons (Fsp3) is 0.150. The van der Waals surface area contributed by atoms with Gasteiger partial charge in [0.2, 0.25) is 0 Å². The summed E-state index contributed by atoms with van der Waals surface area (Å²) < 4.78 is 5.22. The third kappa shape index (κ3) is 3.97. The number of methoxy groups -OCH3 is 1. The maximum absolute atomic E-state index is 12.9. The number of anilines is 3. The molecule has 0 bridgehead atoms. The molecular weight excluding hydrogens is 328 g/mol. The van der Waals surface area contributed by atoms with E-state index in [0.717, 1.165) is 17.1 Å². The van der Waals surface area contributed by atoms with Gasteiger partial charge in [0.1, 0.15) is 23.6 Å². The number of carbonyl (C=O) groups excluding carboxylic acids is 1. The largest absolute Gasteiger partial charge is 0.497 e. The van der Waals surface area contributed by atoms with Crippen LogP contribution in [0.1, 0.15) is 17.4 Å². The zero-order valence-corrected chi connectivity index (χ0v) is 14.7. The Kier molecular flexibility index (Phi) is 5.43. The van der Waals surface area contributed by atoms with Gasteiger partial charge in [0, 0.05) is 30.1 Å². The quantitative estimate of drug-likeness (QED) is 0.732. The Balaban J connectivity index is 1.83. The van der Waals surface area contributed by atoms with E-state index in [2.05, 4.69) is 15.3 Å². The molecule has 132 valence electrons. The van der Waals surface area contributed by atoms with E-state index in [9.17, 15) is 4.79 Å². The average Bonchev–Trinajstić information content (AvgIpc) is 2.69. The molecule has 0 radical (unpaired) electrons. The number of nitrogens with zero attached hydrogens (tertiary/aromatic N) is 3. The van der Waals surface area contributed by atoms with Crippen LogP contribution in [0.2, 0.25) is 0 Å². The maximum Gasteiger partial charge on any atom is 0.277 e. The van der Waals surface area contributed by atoms with Crippen LogP contribution in [0.25, 0.3) is 0 Å². The highest BCUT2D eigenvalue weighted by Crippen LogP contribution is 2.21. The summed E-state index contributed by atoms with van der Waals surface area (Å²) in [5.74, 6) is 1.11. The predicted octanol–water partition coefficient (Wildman–Crippen LogP) is 3.90. The molecule has 0 aliphatic rings. The number of aromatic nitrogens is 2. The van der Waals surface area contributed by atoms with Crippen LogP contribution in [0.3, 0.4) is 0 Å². The van der Waals surface area contributed by atoms with Crippen molar-refractivity contribution < 1.29 is 9.53 Å². The van der Waals surface area contributed by atoms with Crippen LogP contribution >= 0.6 is 0 Å². The van der Waals surface area contributed by atoms with Crippen LogP contribution in [0.5, 0.6) is 5.75 Å². The first kappa shape index (κ1) is 17.4. The van der Waals surface area contributed by atoms with E-state index < -0.39 is 0 Å². The second-order valence-electron chi connectivity index (χ2n) is 5.53. The third-order valence-electron chi connectivity index (χ3n) is 3.86. The maximum atomic E-state index is 12.9. The zero-order valence-electron chi connectivity index (χ0n) is 14.7. The van der Waals surface area contributed by atoms with Crippen molar-refractivity contribution in [3.63, 3.8) is 0 Å². The SMILES string of the molecule is CCN(C(=O)c1cc(Nc2cccc(OC)c2)ncn1)c1ccccc1. The van der Waals surface area contributed by atoms with Crippen LogP contribution < -0.4 is 15.0 Å². The number of para-hydroxylation sites is 1. The molecule has 2 aromatic carbocycles. The minimum atomic E-state index is -0.171. The summed E-state index contributed by atoms with van der Waals surface area (Å²) in [6, 6.07) is 18.7. The summed E-state index contributed by atoms with van der Waals surface area (Å²) in [6.45, 7) is 2.48. The Morgan fingerprint density at radius 2 is 1.88 bits per heavy atom. The number of nitrogens with one attached hydrogen (secondary N) is 1. The number of ether oxygens (including phenoxy) is 1. The molecule has 3 aromatic rings. The molecule has 6 nitrogen and oxygen atoms in total. The van der Waals surface area contributed by atoms with E-state index in [1.165, 1.54) is 6.33 Å². The van der Waals surface area contributed by atoms with Crippen LogP contribution in [0, 0.1) is 0 Å². The third-order valence-corrected chi connectivity index (χ3v) is 3.86. The molecule has 0 atom stereocenters. The average molecular weight is 348 g/mol. The minimum absolute atomic E-state index is 0.171. The molecule has 1 heterocycles. The molecule has 1 amide bonds. The van der Waals surface area contributed by atoms with Crippen molar-refractivity contribution in [2.75, 3.05) is 23.9 Å². The van der Waals surface area contributed by atoms with E-state index in [1.54, 1.807) is 18.1 Å². The van der Waals surface area contributed by atoms with Crippen molar-refractivity contribution in [2.45, 2.75) is 6.92 Å². The highest BCUT2D eigenvalue weighted by atomic mass is 16.5. The van der Waals surface area contributed by atoms with E-state index >= 15 is 0 Å². The molecule has 0 aliphatic heterocycles. The predicted molar refractivity (Wildman–Crippen MR) is 102 cm³/mol. The zero-order chi connectivity index (χ0) is 18.4. The van der Waals surface area contributed by atoms with Crippen LogP contribution in [-0.4, -0.2) is 29.5 Å². The Labute approximate surface area is 152 Å². The molecular formula is C20H20N4O2. The fourth-order valence-corrected chi connectivity index (χ4v) is 2.58. The van der Waals surface area contributed by atoms with Gasteiger partial charge in [-0.2, -0.15) is 0 Å². The minimum Gasteiger partial charge on any atom is -0.497 e. The topological polar surface area (TPSA) is 67.4 Å². The summed E-state index contributed by atoms with van der Waals surface area (Å²) >= 11 is 0. The molecule has 26 heavy (non-hydrogen) atoms. The van der Waals surface area contributed by atoms with Crippen molar-refractivity contribution in [3.8, 4) is 5.75 Å². The molecule has 1 N–H and O–H groups in total. The first-order chi connectivity index (χ1) is 12.7. The van der Waals surface area contributed by atoms with E-state index in [-0.39, 0.29) is 5.91 Å². The van der Waals surface area contributed by atoms with Gasteiger partial charge >= 0.3 is 0 Å². The summed E-state index contributed by atoms with van der Waals surface area (Å²) in [5.41, 5.74) is 1.98. The molecule has 0 aliphatic carbocycles. The number of rotatable bonds is 6. The van der Waals surface area contributed by atoms with Crippen molar-refractivity contribution in [3.05, 3.63) is 72.7 Å². The van der Waals surface area contributed by atoms with Crippen LogP contribution in [0.4, 0.5) is 17.2 Å². The lowest BCUT2D eigenvalue weighted by atomic mass is 10.2. The van der Waals surface area contributed by atoms with Gasteiger partial charge in [0.15, 0.2) is 0 Å². The first-order valence-corrected chi connectivity index (χ1v) is 8.31. The summed E-state index contributed by atoms with van der Waals surface area (Å²) in [4.78, 5) is 22.9. The number of amides is 1. The molecule has 1 aromatic heterocycles. The molecule has 0 saturated carbocycles. The van der Waals surface area contributed by atoms with Crippen LogP contribution in [0.15, 0.2) is 67.0 Å². The molecule has 6 heteroatoms. The lowest BCUT2D eigenvalue weighted by Crippen LogP contribution is -2.31. The molecule has 0 spiro atoms. The molecule has 3 rings (SSSR count). The standard InChI is InChI=1S/C20H20N4O2/c1-3-24(16-9-5-4-6-10-16)20(25)18-13-19(22-14-21-18)23-15-8-7-11-17(12-15)26-2/h4-14H,3H2,1-2H3,(H,21,22,23). The molecule has 0 unspecified atom stereocenters. The number of hydrogen-bond acceptors (Lipinski definition) is 5. The van der Waals surface area contributed by atoms with Crippen molar-refractivity contribution in [2.24, 2.45) is 0 Å². The Hall–Kier alpha value is -3.41. The van der Waals surface area contributed by atoms with Gasteiger partial charge in [-0.25, -0.2) is 9.97 Å². The summed E-state index contributed by atoms with van der Waals surface area (Å²) in [5, 5.41) is 3.17. The van der Waals surface area contributed by atoms with Gasteiger partial charge in [-0.05, 0) is 31.2 Å². The van der Waals surface area contributed by atoms with Crippen molar-refractivity contribution in [1.82, 2.24) is 9.97 Å². The lowest BCUT2D eigenvalue weighted by molar-refractivity contribution is 0.0983. The number of hydrogen-bond donors (Lipinski definition) is 1. The highest BCUT2D eigenvalue weighted by molar-refractivity contribution is 6.05.